The van der Waals surface area contributed by atoms with E-state index >= 15 is 0 Å². The summed E-state index contributed by atoms with van der Waals surface area (Å²) in [5, 5.41) is 2.76. The molecule has 25 heavy (non-hydrogen) atoms. The highest BCUT2D eigenvalue weighted by Gasteiger charge is 2.51. The Balaban J connectivity index is 1.94. The van der Waals surface area contributed by atoms with Crippen LogP contribution in [0, 0.1) is 0 Å². The number of aromatic nitrogens is 2. The van der Waals surface area contributed by atoms with E-state index in [9.17, 15) is 18.4 Å². The molecule has 132 valence electrons. The first kappa shape index (κ1) is 17.1. The maximum atomic E-state index is 13.1. The van der Waals surface area contributed by atoms with Crippen LogP contribution in [0.2, 0.25) is 0 Å². The summed E-state index contributed by atoms with van der Waals surface area (Å²) in [4.78, 5) is 30.3. The number of rotatable bonds is 6. The number of carbonyl (C=O) groups is 2. The van der Waals surface area contributed by atoms with Crippen molar-refractivity contribution in [3.63, 3.8) is 0 Å². The van der Waals surface area contributed by atoms with Gasteiger partial charge in [-0.1, -0.05) is 43.7 Å². The van der Waals surface area contributed by atoms with Crippen LogP contribution in [-0.4, -0.2) is 26.4 Å². The van der Waals surface area contributed by atoms with E-state index in [0.29, 0.717) is 23.0 Å². The summed E-state index contributed by atoms with van der Waals surface area (Å²) < 4.78 is 26.6. The van der Waals surface area contributed by atoms with Crippen molar-refractivity contribution < 1.29 is 18.4 Å². The van der Waals surface area contributed by atoms with Crippen LogP contribution in [0.1, 0.15) is 37.7 Å². The summed E-state index contributed by atoms with van der Waals surface area (Å²) in [5.74, 6) is -0.492. The second kappa shape index (κ2) is 6.62. The number of nitrogens with one attached hydrogen (secondary N) is 1. The molecule has 1 fully saturated rings. The lowest BCUT2D eigenvalue weighted by molar-refractivity contribution is -0.132. The van der Waals surface area contributed by atoms with Gasteiger partial charge in [0.1, 0.15) is 11.4 Å². The van der Waals surface area contributed by atoms with Crippen molar-refractivity contribution >= 4 is 11.9 Å². The number of halogens is 2. The van der Waals surface area contributed by atoms with Crippen molar-refractivity contribution in [2.45, 2.75) is 38.4 Å². The fourth-order valence-electron chi connectivity index (χ4n) is 3.16. The van der Waals surface area contributed by atoms with E-state index in [2.05, 4.69) is 10.3 Å². The fourth-order valence-corrected chi connectivity index (χ4v) is 3.16. The van der Waals surface area contributed by atoms with E-state index in [-0.39, 0.29) is 12.4 Å². The zero-order valence-corrected chi connectivity index (χ0v) is 13.7. The van der Waals surface area contributed by atoms with Gasteiger partial charge in [-0.05, 0) is 12.0 Å². The molecule has 3 rings (SSSR count). The van der Waals surface area contributed by atoms with E-state index in [1.807, 2.05) is 13.0 Å². The molecule has 1 N–H and O–H groups in total. The molecule has 0 bridgehead atoms. The van der Waals surface area contributed by atoms with Gasteiger partial charge in [0.05, 0.1) is 6.54 Å². The van der Waals surface area contributed by atoms with E-state index < -0.39 is 24.0 Å². The summed E-state index contributed by atoms with van der Waals surface area (Å²) >= 11 is 0. The number of benzene rings is 1. The summed E-state index contributed by atoms with van der Waals surface area (Å²) in [5.41, 5.74) is -0.495. The maximum absolute atomic E-state index is 13.1. The zero-order valence-electron chi connectivity index (χ0n) is 13.7. The molecule has 0 spiro atoms. The Morgan fingerprint density at radius 1 is 1.24 bits per heavy atom. The summed E-state index contributed by atoms with van der Waals surface area (Å²) in [7, 11) is 0. The molecular weight excluding hydrogens is 330 g/mol. The number of imide groups is 1. The minimum absolute atomic E-state index is 0.0427. The van der Waals surface area contributed by atoms with Crippen molar-refractivity contribution in [2.75, 3.05) is 0 Å². The average molecular weight is 348 g/mol. The number of amides is 3. The number of nitrogens with zero attached hydrogens (tertiary/aromatic N) is 3. The Kier molecular flexibility index (Phi) is 4.52. The minimum Gasteiger partial charge on any atom is -0.319 e. The molecule has 0 saturated carbocycles. The van der Waals surface area contributed by atoms with Gasteiger partial charge in [-0.15, -0.1) is 0 Å². The van der Waals surface area contributed by atoms with Crippen molar-refractivity contribution in [3.05, 3.63) is 54.1 Å². The molecule has 1 saturated heterocycles. The highest BCUT2D eigenvalue weighted by molar-refractivity contribution is 6.07. The molecular formula is C17H18F2N4O2. The summed E-state index contributed by atoms with van der Waals surface area (Å²) in [6.07, 6.45) is 3.42. The maximum Gasteiger partial charge on any atom is 0.325 e. The predicted octanol–water partition coefficient (Wildman–Crippen LogP) is 3.03. The summed E-state index contributed by atoms with van der Waals surface area (Å²) in [6, 6.07) is 8.35. The third-order valence-corrected chi connectivity index (χ3v) is 4.33. The van der Waals surface area contributed by atoms with Gasteiger partial charge >= 0.3 is 12.6 Å². The normalized spacial score (nSPS) is 20.4. The molecule has 0 radical (unpaired) electrons. The van der Waals surface area contributed by atoms with Crippen LogP contribution in [0.5, 0.6) is 0 Å². The molecule has 1 aromatic carbocycles. The number of imidazole rings is 1. The zero-order chi connectivity index (χ0) is 18.0. The Morgan fingerprint density at radius 2 is 1.96 bits per heavy atom. The van der Waals surface area contributed by atoms with E-state index in [0.717, 1.165) is 11.1 Å². The smallest absolute Gasteiger partial charge is 0.319 e. The second-order valence-corrected chi connectivity index (χ2v) is 5.87. The number of alkyl halides is 2. The topological polar surface area (TPSA) is 67.2 Å². The molecule has 6 nitrogen and oxygen atoms in total. The van der Waals surface area contributed by atoms with Gasteiger partial charge in [0, 0.05) is 12.4 Å². The van der Waals surface area contributed by atoms with Gasteiger partial charge < -0.3 is 5.32 Å². The van der Waals surface area contributed by atoms with E-state index in [1.165, 1.54) is 6.20 Å². The van der Waals surface area contributed by atoms with Gasteiger partial charge in [-0.2, -0.15) is 8.78 Å². The van der Waals surface area contributed by atoms with Gasteiger partial charge in [0.25, 0.3) is 5.91 Å². The quantitative estimate of drug-likeness (QED) is 0.816. The number of hydrogen-bond donors (Lipinski definition) is 1. The van der Waals surface area contributed by atoms with Crippen molar-refractivity contribution in [1.29, 1.82) is 0 Å². The molecule has 2 aromatic rings. The predicted molar refractivity (Wildman–Crippen MR) is 85.6 cm³/mol. The fraction of sp³-hybridized carbons (Fsp3) is 0.353. The lowest BCUT2D eigenvalue weighted by Crippen LogP contribution is -2.43. The van der Waals surface area contributed by atoms with E-state index in [1.54, 1.807) is 24.3 Å². The Hall–Kier alpha value is -2.77. The summed E-state index contributed by atoms with van der Waals surface area (Å²) in [6.45, 7) is -1.18. The van der Waals surface area contributed by atoms with Crippen LogP contribution < -0.4 is 5.32 Å². The number of carbonyl (C=O) groups excluding carboxylic acids is 2. The van der Waals surface area contributed by atoms with Crippen LogP contribution >= 0.6 is 0 Å². The number of hydrogen-bond acceptors (Lipinski definition) is 3. The monoisotopic (exact) mass is 348 g/mol. The first-order chi connectivity index (χ1) is 12.0. The van der Waals surface area contributed by atoms with Crippen LogP contribution in [0.3, 0.4) is 0 Å². The molecule has 1 aliphatic rings. The Bertz CT molecular complexity index is 778. The highest BCUT2D eigenvalue weighted by Crippen LogP contribution is 2.34. The highest BCUT2D eigenvalue weighted by atomic mass is 19.3. The first-order valence-corrected chi connectivity index (χ1v) is 7.99. The molecule has 0 aliphatic carbocycles. The third-order valence-electron chi connectivity index (χ3n) is 4.33. The molecule has 0 unspecified atom stereocenters. The third kappa shape index (κ3) is 2.88. The Labute approximate surface area is 143 Å². The second-order valence-electron chi connectivity index (χ2n) is 5.87. The molecule has 2 heterocycles. The minimum atomic E-state index is -2.78. The number of urea groups is 1. The van der Waals surface area contributed by atoms with Gasteiger partial charge in [-0.25, -0.2) is 9.78 Å². The molecule has 3 amide bonds. The van der Waals surface area contributed by atoms with Crippen LogP contribution in [0.4, 0.5) is 13.6 Å². The van der Waals surface area contributed by atoms with Crippen molar-refractivity contribution in [1.82, 2.24) is 19.8 Å². The first-order valence-electron chi connectivity index (χ1n) is 7.99. The van der Waals surface area contributed by atoms with Crippen LogP contribution in [0.15, 0.2) is 42.7 Å². The molecule has 1 aliphatic heterocycles. The lowest BCUT2D eigenvalue weighted by atomic mass is 9.85. The lowest BCUT2D eigenvalue weighted by Gasteiger charge is -2.27. The van der Waals surface area contributed by atoms with Crippen molar-refractivity contribution in [2.24, 2.45) is 0 Å². The SMILES string of the molecule is CCC[C@@]1(c2ccccc2)NC(=O)N(Cc2nccn2C(F)F)C1=O. The van der Waals surface area contributed by atoms with Gasteiger partial charge in [-0.3, -0.25) is 14.3 Å². The largest absolute Gasteiger partial charge is 0.325 e. The van der Waals surface area contributed by atoms with Crippen LogP contribution in [0.25, 0.3) is 0 Å². The standard InChI is InChI=1S/C17H18F2N4O2/c1-2-8-17(12-6-4-3-5-7-12)14(24)23(16(25)21-17)11-13-20-9-10-22(13)15(18)19/h3-7,9-10,15H,2,8,11H2,1H3,(H,21,25)/t17-/m0/s1. The molecule has 1 aromatic heterocycles. The average Bonchev–Trinajstić information content (AvgIpc) is 3.16. The van der Waals surface area contributed by atoms with Crippen molar-refractivity contribution in [3.8, 4) is 0 Å². The Morgan fingerprint density at radius 3 is 2.60 bits per heavy atom. The van der Waals surface area contributed by atoms with Gasteiger partial charge in [0.15, 0.2) is 0 Å². The van der Waals surface area contributed by atoms with Crippen LogP contribution in [-0.2, 0) is 16.9 Å². The van der Waals surface area contributed by atoms with Gasteiger partial charge in [0.2, 0.25) is 0 Å². The molecule has 8 heteroatoms. The molecule has 1 atom stereocenters. The van der Waals surface area contributed by atoms with E-state index in [4.69, 9.17) is 0 Å².